The molecule has 5 unspecified atom stereocenters. The van der Waals surface area contributed by atoms with Gasteiger partial charge in [-0.25, -0.2) is 4.98 Å². The highest BCUT2D eigenvalue weighted by Gasteiger charge is 2.66. The maximum absolute atomic E-state index is 4.90. The molecule has 2 heteroatoms. The van der Waals surface area contributed by atoms with Gasteiger partial charge >= 0.3 is 0 Å². The van der Waals surface area contributed by atoms with E-state index in [1.165, 1.54) is 43.5 Å². The summed E-state index contributed by atoms with van der Waals surface area (Å²) in [5.41, 5.74) is 5.04. The Bertz CT molecular complexity index is 731. The smallest absolute Gasteiger partial charge is 0.0997 e. The predicted octanol–water partition coefficient (Wildman–Crippen LogP) is 4.26. The second kappa shape index (κ2) is 3.43. The van der Waals surface area contributed by atoms with E-state index < -0.39 is 0 Å². The van der Waals surface area contributed by atoms with E-state index in [1.807, 2.05) is 0 Å². The summed E-state index contributed by atoms with van der Waals surface area (Å²) in [5, 5.41) is 0. The van der Waals surface area contributed by atoms with Crippen molar-refractivity contribution in [3.8, 4) is 5.69 Å². The lowest BCUT2D eigenvalue weighted by atomic mass is 9.56. The molecule has 5 atom stereocenters. The average Bonchev–Trinajstić information content (AvgIpc) is 3.12. The highest BCUT2D eigenvalue weighted by atomic mass is 15.1. The largest absolute Gasteiger partial charge is 0.303 e. The molecule has 3 fully saturated rings. The summed E-state index contributed by atoms with van der Waals surface area (Å²) in [6.45, 7) is 0. The minimum atomic E-state index is 0.734. The van der Waals surface area contributed by atoms with Gasteiger partial charge in [-0.3, -0.25) is 0 Å². The number of aromatic nitrogens is 2. The molecule has 3 bridgehead atoms. The van der Waals surface area contributed by atoms with Crippen LogP contribution in [-0.2, 0) is 0 Å². The molecule has 106 valence electrons. The predicted molar refractivity (Wildman–Crippen MR) is 81.5 cm³/mol. The summed E-state index contributed by atoms with van der Waals surface area (Å²) < 4.78 is 2.40. The van der Waals surface area contributed by atoms with Crippen molar-refractivity contribution in [3.05, 3.63) is 48.0 Å². The van der Waals surface area contributed by atoms with Crippen LogP contribution in [-0.4, -0.2) is 9.55 Å². The molecule has 2 aromatic rings. The first kappa shape index (κ1) is 11.1. The first-order valence-corrected chi connectivity index (χ1v) is 8.48. The van der Waals surface area contributed by atoms with Crippen LogP contribution in [0, 0.1) is 17.3 Å². The quantitative estimate of drug-likeness (QED) is 0.761. The molecule has 3 saturated carbocycles. The molecular weight excluding hydrogens is 256 g/mol. The summed E-state index contributed by atoms with van der Waals surface area (Å²) in [6.07, 6.45) is 9.34. The highest BCUT2D eigenvalue weighted by molar-refractivity contribution is 5.41. The third-order valence-electron chi connectivity index (χ3n) is 7.23. The zero-order valence-electron chi connectivity index (χ0n) is 12.2. The van der Waals surface area contributed by atoms with Crippen molar-refractivity contribution in [1.29, 1.82) is 0 Å². The molecule has 1 aromatic heterocycles. The summed E-state index contributed by atoms with van der Waals surface area (Å²) in [7, 11) is 0. The summed E-state index contributed by atoms with van der Waals surface area (Å²) in [4.78, 5) is 4.90. The van der Waals surface area contributed by atoms with E-state index in [2.05, 4.69) is 41.2 Å². The lowest BCUT2D eigenvalue weighted by Crippen LogP contribution is -2.41. The Morgan fingerprint density at radius 2 is 1.71 bits per heavy atom. The zero-order chi connectivity index (χ0) is 13.6. The van der Waals surface area contributed by atoms with Crippen molar-refractivity contribution in [1.82, 2.24) is 9.55 Å². The van der Waals surface area contributed by atoms with Crippen molar-refractivity contribution in [2.45, 2.75) is 43.9 Å². The van der Waals surface area contributed by atoms with Crippen molar-refractivity contribution in [3.63, 3.8) is 0 Å². The molecule has 0 N–H and O–H groups in total. The molecule has 2 nitrogen and oxygen atoms in total. The molecular formula is C19H20N2. The van der Waals surface area contributed by atoms with Gasteiger partial charge in [-0.15, -0.1) is 0 Å². The topological polar surface area (TPSA) is 17.8 Å². The Morgan fingerprint density at radius 1 is 0.952 bits per heavy atom. The van der Waals surface area contributed by atoms with Crippen LogP contribution in [0.15, 0.2) is 36.7 Å². The lowest BCUT2D eigenvalue weighted by molar-refractivity contribution is 0.00319. The normalized spacial score (nSPS) is 41.5. The van der Waals surface area contributed by atoms with Crippen LogP contribution in [0.4, 0.5) is 0 Å². The number of hydrogen-bond acceptors (Lipinski definition) is 1. The van der Waals surface area contributed by atoms with E-state index in [0.29, 0.717) is 0 Å². The Morgan fingerprint density at radius 3 is 2.57 bits per heavy atom. The summed E-state index contributed by atoms with van der Waals surface area (Å²) in [5.74, 6) is 3.59. The Kier molecular flexibility index (Phi) is 1.80. The van der Waals surface area contributed by atoms with Gasteiger partial charge in [0.2, 0.25) is 0 Å². The molecule has 6 rings (SSSR count). The van der Waals surface area contributed by atoms with Gasteiger partial charge < -0.3 is 4.57 Å². The first-order chi connectivity index (χ1) is 10.4. The van der Waals surface area contributed by atoms with Gasteiger partial charge in [0.05, 0.1) is 12.0 Å². The number of imidazole rings is 1. The molecule has 0 saturated heterocycles. The lowest BCUT2D eigenvalue weighted by Gasteiger charge is -2.48. The minimum Gasteiger partial charge on any atom is -0.303 e. The second-order valence-corrected chi connectivity index (χ2v) is 7.86. The van der Waals surface area contributed by atoms with Gasteiger partial charge in [0, 0.05) is 23.2 Å². The second-order valence-electron chi connectivity index (χ2n) is 7.86. The number of rotatable bonds is 1. The van der Waals surface area contributed by atoms with E-state index in [9.17, 15) is 0 Å². The van der Waals surface area contributed by atoms with Gasteiger partial charge in [0.25, 0.3) is 0 Å². The third kappa shape index (κ3) is 1.16. The number of hydrogen-bond donors (Lipinski definition) is 0. The third-order valence-corrected chi connectivity index (χ3v) is 7.23. The van der Waals surface area contributed by atoms with E-state index in [1.54, 1.807) is 5.69 Å². The van der Waals surface area contributed by atoms with Gasteiger partial charge in [0.1, 0.15) is 0 Å². The molecule has 1 heterocycles. The van der Waals surface area contributed by atoms with Gasteiger partial charge in [-0.2, -0.15) is 0 Å². The van der Waals surface area contributed by atoms with Crippen LogP contribution >= 0.6 is 0 Å². The standard InChI is InChI=1S/C19H20N2/c1-2-4-16(5-3-1)21-11-20-17-12-6-14-8-15-7-13(18(17)21)10-19(14,15)9-12/h1-5,11-15H,6-10H2. The SMILES string of the molecule is c1ccc(-n2cnc3c2C2CC4CC5CC3CC54C2)cc1. The van der Waals surface area contributed by atoms with E-state index in [4.69, 9.17) is 4.98 Å². The fraction of sp³-hybridized carbons (Fsp3) is 0.526. The summed E-state index contributed by atoms with van der Waals surface area (Å²) in [6, 6.07) is 10.8. The Labute approximate surface area is 125 Å². The Hall–Kier alpha value is -1.57. The average molecular weight is 276 g/mol. The fourth-order valence-corrected chi connectivity index (χ4v) is 6.47. The van der Waals surface area contributed by atoms with Crippen molar-refractivity contribution >= 4 is 0 Å². The van der Waals surface area contributed by atoms with Gasteiger partial charge in [-0.1, -0.05) is 18.2 Å². The van der Waals surface area contributed by atoms with Crippen molar-refractivity contribution in [2.75, 3.05) is 0 Å². The van der Waals surface area contributed by atoms with Gasteiger partial charge in [-0.05, 0) is 61.5 Å². The number of para-hydroxylation sites is 1. The molecule has 1 spiro atoms. The van der Waals surface area contributed by atoms with Gasteiger partial charge in [0.15, 0.2) is 0 Å². The minimum absolute atomic E-state index is 0.734. The van der Waals surface area contributed by atoms with Crippen LogP contribution in [0.25, 0.3) is 5.69 Å². The molecule has 21 heavy (non-hydrogen) atoms. The van der Waals surface area contributed by atoms with Crippen LogP contribution < -0.4 is 0 Å². The fourth-order valence-electron chi connectivity index (χ4n) is 6.47. The van der Waals surface area contributed by atoms with Crippen LogP contribution in [0.2, 0.25) is 0 Å². The number of benzene rings is 1. The van der Waals surface area contributed by atoms with E-state index >= 15 is 0 Å². The van der Waals surface area contributed by atoms with Crippen LogP contribution in [0.1, 0.15) is 55.3 Å². The van der Waals surface area contributed by atoms with E-state index in [-0.39, 0.29) is 0 Å². The van der Waals surface area contributed by atoms with Crippen LogP contribution in [0.3, 0.4) is 0 Å². The van der Waals surface area contributed by atoms with Crippen molar-refractivity contribution in [2.24, 2.45) is 17.3 Å². The first-order valence-electron chi connectivity index (χ1n) is 8.48. The maximum atomic E-state index is 4.90. The highest BCUT2D eigenvalue weighted by Crippen LogP contribution is 2.75. The number of fused-ring (bicyclic) bond motifs is 5. The molecule has 4 aliphatic carbocycles. The number of nitrogens with zero attached hydrogens (tertiary/aromatic N) is 2. The molecule has 4 aliphatic rings. The molecule has 0 radical (unpaired) electrons. The Balaban J connectivity index is 1.57. The van der Waals surface area contributed by atoms with E-state index in [0.717, 1.165) is 29.1 Å². The molecule has 1 aromatic carbocycles. The van der Waals surface area contributed by atoms with Crippen molar-refractivity contribution < 1.29 is 0 Å². The molecule has 0 aliphatic heterocycles. The summed E-state index contributed by atoms with van der Waals surface area (Å²) >= 11 is 0. The monoisotopic (exact) mass is 276 g/mol. The zero-order valence-corrected chi connectivity index (χ0v) is 12.2. The van der Waals surface area contributed by atoms with Crippen LogP contribution in [0.5, 0.6) is 0 Å². The molecule has 0 amide bonds. The maximum Gasteiger partial charge on any atom is 0.0997 e.